The van der Waals surface area contributed by atoms with Gasteiger partial charge in [0.1, 0.15) is 0 Å². The summed E-state index contributed by atoms with van der Waals surface area (Å²) < 4.78 is 0. The van der Waals surface area contributed by atoms with Crippen LogP contribution in [-0.2, 0) is 4.79 Å². The first-order chi connectivity index (χ1) is 7.65. The van der Waals surface area contributed by atoms with Crippen molar-refractivity contribution in [3.8, 4) is 0 Å². The summed E-state index contributed by atoms with van der Waals surface area (Å²) in [5.41, 5.74) is 5.91. The molecule has 16 heavy (non-hydrogen) atoms. The third-order valence-corrected chi connectivity index (χ3v) is 3.88. The minimum atomic E-state index is 0.0949. The number of likely N-dealkylation sites (tertiary alicyclic amines) is 1. The summed E-state index contributed by atoms with van der Waals surface area (Å²) in [5, 5.41) is 3.01. The van der Waals surface area contributed by atoms with Gasteiger partial charge in [-0.05, 0) is 32.1 Å². The summed E-state index contributed by atoms with van der Waals surface area (Å²) in [6.07, 6.45) is 5.88. The van der Waals surface area contributed by atoms with Crippen LogP contribution in [0.15, 0.2) is 0 Å². The van der Waals surface area contributed by atoms with E-state index in [2.05, 4.69) is 10.2 Å². The third-order valence-electron chi connectivity index (χ3n) is 3.88. The highest BCUT2D eigenvalue weighted by Gasteiger charge is 2.30. The minimum Gasteiger partial charge on any atom is -0.352 e. The predicted molar refractivity (Wildman–Crippen MR) is 64.0 cm³/mol. The molecule has 1 atom stereocenters. The number of carbonyl (C=O) groups is 1. The number of rotatable bonds is 2. The first kappa shape index (κ1) is 11.9. The van der Waals surface area contributed by atoms with E-state index < -0.39 is 0 Å². The number of hydrogen-bond acceptors (Lipinski definition) is 3. The summed E-state index contributed by atoms with van der Waals surface area (Å²) in [6.45, 7) is 3.76. The lowest BCUT2D eigenvalue weighted by Gasteiger charge is -2.33. The molecule has 4 heteroatoms. The van der Waals surface area contributed by atoms with E-state index >= 15 is 0 Å². The zero-order valence-corrected chi connectivity index (χ0v) is 10.1. The predicted octanol–water partition coefficient (Wildman–Crippen LogP) is 0.467. The lowest BCUT2D eigenvalue weighted by molar-refractivity contribution is -0.119. The van der Waals surface area contributed by atoms with Gasteiger partial charge in [-0.15, -0.1) is 0 Å². The smallest absolute Gasteiger partial charge is 0.217 e. The van der Waals surface area contributed by atoms with Crippen LogP contribution in [0.5, 0.6) is 0 Å². The normalized spacial score (nSPS) is 36.2. The summed E-state index contributed by atoms with van der Waals surface area (Å²) in [4.78, 5) is 13.5. The summed E-state index contributed by atoms with van der Waals surface area (Å²) in [5.74, 6) is 0.0949. The molecule has 1 amide bonds. The monoisotopic (exact) mass is 225 g/mol. The van der Waals surface area contributed by atoms with Gasteiger partial charge in [0.15, 0.2) is 0 Å². The quantitative estimate of drug-likeness (QED) is 0.718. The maximum absolute atomic E-state index is 11.0. The summed E-state index contributed by atoms with van der Waals surface area (Å²) in [7, 11) is 0. The highest BCUT2D eigenvalue weighted by atomic mass is 16.1. The van der Waals surface area contributed by atoms with Crippen molar-refractivity contribution in [2.24, 2.45) is 5.73 Å². The fraction of sp³-hybridized carbons (Fsp3) is 0.917. The SMILES string of the molecule is CC(=O)NC1CCN(C2CCC(N)CC2)C1. The number of nitrogens with zero attached hydrogens (tertiary/aromatic N) is 1. The van der Waals surface area contributed by atoms with Gasteiger partial charge < -0.3 is 11.1 Å². The Kier molecular flexibility index (Phi) is 3.82. The van der Waals surface area contributed by atoms with E-state index in [-0.39, 0.29) is 5.91 Å². The molecule has 4 nitrogen and oxygen atoms in total. The average Bonchev–Trinajstić information content (AvgIpc) is 2.66. The van der Waals surface area contributed by atoms with Crippen LogP contribution in [0.4, 0.5) is 0 Å². The summed E-state index contributed by atoms with van der Waals surface area (Å²) >= 11 is 0. The highest BCUT2D eigenvalue weighted by molar-refractivity contribution is 5.73. The zero-order valence-electron chi connectivity index (χ0n) is 10.1. The Labute approximate surface area is 97.6 Å². The molecule has 92 valence electrons. The fourth-order valence-corrected chi connectivity index (χ4v) is 2.99. The number of carbonyl (C=O) groups excluding carboxylic acids is 1. The first-order valence-electron chi connectivity index (χ1n) is 6.42. The Hall–Kier alpha value is -0.610. The van der Waals surface area contributed by atoms with Crippen LogP contribution in [0, 0.1) is 0 Å². The van der Waals surface area contributed by atoms with E-state index in [0.717, 1.165) is 32.4 Å². The number of nitrogens with one attached hydrogen (secondary N) is 1. The van der Waals surface area contributed by atoms with Crippen molar-refractivity contribution < 1.29 is 4.79 Å². The van der Waals surface area contributed by atoms with E-state index in [1.807, 2.05) is 0 Å². The largest absolute Gasteiger partial charge is 0.352 e. The highest BCUT2D eigenvalue weighted by Crippen LogP contribution is 2.25. The molecule has 1 heterocycles. The molecule has 1 saturated heterocycles. The van der Waals surface area contributed by atoms with Crippen LogP contribution in [0.25, 0.3) is 0 Å². The van der Waals surface area contributed by atoms with Gasteiger partial charge in [0, 0.05) is 38.1 Å². The van der Waals surface area contributed by atoms with Crippen LogP contribution in [0.2, 0.25) is 0 Å². The molecule has 1 aliphatic carbocycles. The van der Waals surface area contributed by atoms with Crippen LogP contribution in [-0.4, -0.2) is 42.0 Å². The van der Waals surface area contributed by atoms with E-state index in [9.17, 15) is 4.79 Å². The van der Waals surface area contributed by atoms with Crippen molar-refractivity contribution in [2.45, 2.75) is 57.2 Å². The first-order valence-corrected chi connectivity index (χ1v) is 6.42. The maximum Gasteiger partial charge on any atom is 0.217 e. The van der Waals surface area contributed by atoms with Crippen LogP contribution < -0.4 is 11.1 Å². The van der Waals surface area contributed by atoms with Gasteiger partial charge in [0.05, 0.1) is 0 Å². The third kappa shape index (κ3) is 2.95. The van der Waals surface area contributed by atoms with Gasteiger partial charge in [-0.1, -0.05) is 0 Å². The zero-order chi connectivity index (χ0) is 11.5. The molecule has 1 unspecified atom stereocenters. The Bertz CT molecular complexity index is 249. The number of amides is 1. The van der Waals surface area contributed by atoms with Crippen molar-refractivity contribution in [3.05, 3.63) is 0 Å². The lowest BCUT2D eigenvalue weighted by Crippen LogP contribution is -2.42. The van der Waals surface area contributed by atoms with Crippen molar-refractivity contribution in [1.82, 2.24) is 10.2 Å². The second-order valence-corrected chi connectivity index (χ2v) is 5.25. The van der Waals surface area contributed by atoms with Gasteiger partial charge in [0.2, 0.25) is 5.91 Å². The molecule has 0 bridgehead atoms. The Morgan fingerprint density at radius 3 is 2.56 bits per heavy atom. The van der Waals surface area contributed by atoms with Gasteiger partial charge in [-0.2, -0.15) is 0 Å². The van der Waals surface area contributed by atoms with Crippen molar-refractivity contribution in [2.75, 3.05) is 13.1 Å². The van der Waals surface area contributed by atoms with Gasteiger partial charge in [0.25, 0.3) is 0 Å². The van der Waals surface area contributed by atoms with Gasteiger partial charge in [-0.3, -0.25) is 9.69 Å². The Morgan fingerprint density at radius 1 is 1.25 bits per heavy atom. The molecular weight excluding hydrogens is 202 g/mol. The average molecular weight is 225 g/mol. The lowest BCUT2D eigenvalue weighted by atomic mass is 9.91. The second-order valence-electron chi connectivity index (χ2n) is 5.25. The van der Waals surface area contributed by atoms with E-state index in [1.54, 1.807) is 6.92 Å². The molecule has 2 rings (SSSR count). The van der Waals surface area contributed by atoms with Crippen LogP contribution >= 0.6 is 0 Å². The molecular formula is C12H23N3O. The van der Waals surface area contributed by atoms with Gasteiger partial charge >= 0.3 is 0 Å². The molecule has 0 aromatic carbocycles. The molecule has 1 saturated carbocycles. The van der Waals surface area contributed by atoms with E-state index in [0.29, 0.717) is 18.1 Å². The molecule has 2 fully saturated rings. The molecule has 3 N–H and O–H groups in total. The number of nitrogens with two attached hydrogens (primary N) is 1. The van der Waals surface area contributed by atoms with Crippen molar-refractivity contribution >= 4 is 5.91 Å². The maximum atomic E-state index is 11.0. The summed E-state index contributed by atoms with van der Waals surface area (Å²) in [6, 6.07) is 1.50. The van der Waals surface area contributed by atoms with Crippen molar-refractivity contribution in [1.29, 1.82) is 0 Å². The molecule has 0 radical (unpaired) electrons. The van der Waals surface area contributed by atoms with Crippen LogP contribution in [0.3, 0.4) is 0 Å². The van der Waals surface area contributed by atoms with E-state index in [4.69, 9.17) is 5.73 Å². The fourth-order valence-electron chi connectivity index (χ4n) is 2.99. The van der Waals surface area contributed by atoms with E-state index in [1.165, 1.54) is 12.8 Å². The topological polar surface area (TPSA) is 58.4 Å². The molecule has 0 aromatic rings. The van der Waals surface area contributed by atoms with Crippen molar-refractivity contribution in [3.63, 3.8) is 0 Å². The molecule has 0 spiro atoms. The molecule has 2 aliphatic rings. The van der Waals surface area contributed by atoms with Gasteiger partial charge in [-0.25, -0.2) is 0 Å². The van der Waals surface area contributed by atoms with Crippen LogP contribution in [0.1, 0.15) is 39.0 Å². The Balaban J connectivity index is 1.77. The Morgan fingerprint density at radius 2 is 1.94 bits per heavy atom. The standard InChI is InChI=1S/C12H23N3O/c1-9(16)14-11-6-7-15(8-11)12-4-2-10(13)3-5-12/h10-12H,2-8,13H2,1H3,(H,14,16). The second kappa shape index (κ2) is 5.15. The minimum absolute atomic E-state index is 0.0949. The number of hydrogen-bond donors (Lipinski definition) is 2. The molecule has 0 aromatic heterocycles. The molecule has 1 aliphatic heterocycles.